The zero-order valence-electron chi connectivity index (χ0n) is 16.2. The molecule has 148 valence electrons. The molecule has 2 heterocycles. The molecular formula is C24H19N3O2S. The van der Waals surface area contributed by atoms with Gasteiger partial charge in [0.05, 0.1) is 10.2 Å². The second-order valence-electron chi connectivity index (χ2n) is 7.22. The molecule has 5 nitrogen and oxygen atoms in total. The van der Waals surface area contributed by atoms with E-state index in [-0.39, 0.29) is 11.8 Å². The Kier molecular flexibility index (Phi) is 4.77. The zero-order chi connectivity index (χ0) is 20.5. The van der Waals surface area contributed by atoms with Crippen LogP contribution in [0.5, 0.6) is 0 Å². The number of nitrogens with one attached hydrogen (secondary N) is 1. The summed E-state index contributed by atoms with van der Waals surface area (Å²) in [5, 5.41) is 3.88. The first-order valence-corrected chi connectivity index (χ1v) is 10.7. The van der Waals surface area contributed by atoms with Crippen molar-refractivity contribution in [3.8, 4) is 10.6 Å². The Morgan fingerprint density at radius 3 is 2.60 bits per heavy atom. The molecule has 5 rings (SSSR count). The Morgan fingerprint density at radius 2 is 1.83 bits per heavy atom. The van der Waals surface area contributed by atoms with Crippen LogP contribution in [0.3, 0.4) is 0 Å². The summed E-state index contributed by atoms with van der Waals surface area (Å²) in [5.74, 6) is -0.0467. The van der Waals surface area contributed by atoms with Crippen molar-refractivity contribution in [2.45, 2.75) is 12.8 Å². The number of amides is 2. The number of nitrogens with zero attached hydrogens (tertiary/aromatic N) is 2. The molecule has 0 saturated carbocycles. The maximum Gasteiger partial charge on any atom is 0.255 e. The number of hydrogen-bond acceptors (Lipinski definition) is 4. The molecule has 3 aromatic carbocycles. The normalized spacial score (nSPS) is 13.7. The molecule has 2 amide bonds. The molecule has 6 heteroatoms. The van der Waals surface area contributed by atoms with E-state index in [1.54, 1.807) is 28.4 Å². The number of carbonyl (C=O) groups excluding carboxylic acids is 2. The van der Waals surface area contributed by atoms with Crippen LogP contribution in [0, 0.1) is 0 Å². The number of anilines is 2. The molecular weight excluding hydrogens is 394 g/mol. The summed E-state index contributed by atoms with van der Waals surface area (Å²) in [5.41, 5.74) is 4.05. The number of benzene rings is 3. The first-order chi connectivity index (χ1) is 14.7. The van der Waals surface area contributed by atoms with Crippen LogP contribution >= 0.6 is 11.3 Å². The third kappa shape index (κ3) is 3.57. The van der Waals surface area contributed by atoms with Crippen molar-refractivity contribution >= 4 is 44.7 Å². The van der Waals surface area contributed by atoms with Crippen LogP contribution < -0.4 is 10.2 Å². The van der Waals surface area contributed by atoms with Crippen molar-refractivity contribution in [3.05, 3.63) is 78.4 Å². The van der Waals surface area contributed by atoms with Gasteiger partial charge in [-0.15, -0.1) is 11.3 Å². The maximum atomic E-state index is 12.7. The molecule has 0 aliphatic carbocycles. The lowest BCUT2D eigenvalue weighted by Crippen LogP contribution is -2.23. The van der Waals surface area contributed by atoms with E-state index in [9.17, 15) is 9.59 Å². The van der Waals surface area contributed by atoms with Gasteiger partial charge in [0.2, 0.25) is 5.91 Å². The SMILES string of the molecule is O=C(Nc1cccc(-c2nc3ccccc3s2)c1)c1ccc(N2CCCC2=O)cc1. The Balaban J connectivity index is 1.33. The minimum Gasteiger partial charge on any atom is -0.322 e. The lowest BCUT2D eigenvalue weighted by Gasteiger charge is -2.15. The van der Waals surface area contributed by atoms with E-state index in [2.05, 4.69) is 16.4 Å². The summed E-state index contributed by atoms with van der Waals surface area (Å²) >= 11 is 1.63. The first kappa shape index (κ1) is 18.5. The number of aromatic nitrogens is 1. The van der Waals surface area contributed by atoms with E-state index in [1.165, 1.54) is 0 Å². The highest BCUT2D eigenvalue weighted by atomic mass is 32.1. The van der Waals surface area contributed by atoms with Gasteiger partial charge >= 0.3 is 0 Å². The van der Waals surface area contributed by atoms with Gasteiger partial charge in [-0.1, -0.05) is 24.3 Å². The van der Waals surface area contributed by atoms with Crippen LogP contribution in [-0.4, -0.2) is 23.3 Å². The summed E-state index contributed by atoms with van der Waals surface area (Å²) < 4.78 is 1.14. The van der Waals surface area contributed by atoms with E-state index in [4.69, 9.17) is 0 Å². The van der Waals surface area contributed by atoms with Crippen molar-refractivity contribution in [1.29, 1.82) is 0 Å². The molecule has 0 unspecified atom stereocenters. The summed E-state index contributed by atoms with van der Waals surface area (Å²) in [7, 11) is 0. The van der Waals surface area contributed by atoms with E-state index >= 15 is 0 Å². The van der Waals surface area contributed by atoms with Crippen LogP contribution in [0.1, 0.15) is 23.2 Å². The lowest BCUT2D eigenvalue weighted by atomic mass is 10.1. The molecule has 0 atom stereocenters. The number of hydrogen-bond donors (Lipinski definition) is 1. The summed E-state index contributed by atoms with van der Waals surface area (Å²) in [6, 6.07) is 22.9. The quantitative estimate of drug-likeness (QED) is 0.491. The molecule has 0 spiro atoms. The molecule has 1 saturated heterocycles. The second-order valence-corrected chi connectivity index (χ2v) is 8.25. The third-order valence-corrected chi connectivity index (χ3v) is 6.26. The molecule has 1 N–H and O–H groups in total. The number of rotatable bonds is 4. The van der Waals surface area contributed by atoms with Crippen molar-refractivity contribution in [3.63, 3.8) is 0 Å². The summed E-state index contributed by atoms with van der Waals surface area (Å²) in [6.07, 6.45) is 1.47. The highest BCUT2D eigenvalue weighted by Gasteiger charge is 2.21. The Labute approximate surface area is 178 Å². The monoisotopic (exact) mass is 413 g/mol. The Morgan fingerprint density at radius 1 is 1.00 bits per heavy atom. The van der Waals surface area contributed by atoms with Crippen LogP contribution in [0.4, 0.5) is 11.4 Å². The van der Waals surface area contributed by atoms with Gasteiger partial charge < -0.3 is 10.2 Å². The molecule has 0 bridgehead atoms. The van der Waals surface area contributed by atoms with Crippen LogP contribution in [0.2, 0.25) is 0 Å². The van der Waals surface area contributed by atoms with Gasteiger partial charge in [0.25, 0.3) is 5.91 Å². The molecule has 1 aliphatic rings. The molecule has 0 radical (unpaired) electrons. The van der Waals surface area contributed by atoms with E-state index < -0.39 is 0 Å². The Bertz CT molecular complexity index is 1210. The molecule has 1 aliphatic heterocycles. The van der Waals surface area contributed by atoms with Gasteiger partial charge in [-0.2, -0.15) is 0 Å². The smallest absolute Gasteiger partial charge is 0.255 e. The second kappa shape index (κ2) is 7.72. The largest absolute Gasteiger partial charge is 0.322 e. The molecule has 1 fully saturated rings. The van der Waals surface area contributed by atoms with Crippen molar-refractivity contribution in [2.24, 2.45) is 0 Å². The number of fused-ring (bicyclic) bond motifs is 1. The topological polar surface area (TPSA) is 62.3 Å². The van der Waals surface area contributed by atoms with E-state index in [1.807, 2.05) is 54.6 Å². The predicted octanol–water partition coefficient (Wildman–Crippen LogP) is 5.34. The van der Waals surface area contributed by atoms with Crippen LogP contribution in [0.15, 0.2) is 72.8 Å². The first-order valence-electron chi connectivity index (χ1n) is 9.85. The van der Waals surface area contributed by atoms with E-state index in [0.717, 1.165) is 45.1 Å². The third-order valence-electron chi connectivity index (χ3n) is 5.18. The minimum absolute atomic E-state index is 0.138. The number of thiazole rings is 1. The van der Waals surface area contributed by atoms with E-state index in [0.29, 0.717) is 12.0 Å². The molecule has 4 aromatic rings. The summed E-state index contributed by atoms with van der Waals surface area (Å²) in [4.78, 5) is 31.0. The summed E-state index contributed by atoms with van der Waals surface area (Å²) in [6.45, 7) is 0.739. The minimum atomic E-state index is -0.184. The van der Waals surface area contributed by atoms with Gasteiger partial charge in [0.15, 0.2) is 0 Å². The van der Waals surface area contributed by atoms with Crippen molar-refractivity contribution < 1.29 is 9.59 Å². The van der Waals surface area contributed by atoms with Gasteiger partial charge in [-0.25, -0.2) is 4.98 Å². The van der Waals surface area contributed by atoms with Gasteiger partial charge in [0, 0.05) is 35.5 Å². The van der Waals surface area contributed by atoms with Gasteiger partial charge in [-0.3, -0.25) is 9.59 Å². The van der Waals surface area contributed by atoms with Crippen molar-refractivity contribution in [2.75, 3.05) is 16.8 Å². The van der Waals surface area contributed by atoms with Gasteiger partial charge in [-0.05, 0) is 55.0 Å². The lowest BCUT2D eigenvalue weighted by molar-refractivity contribution is -0.117. The zero-order valence-corrected chi connectivity index (χ0v) is 17.0. The van der Waals surface area contributed by atoms with Gasteiger partial charge in [0.1, 0.15) is 5.01 Å². The maximum absolute atomic E-state index is 12.7. The fourth-order valence-electron chi connectivity index (χ4n) is 3.64. The number of carbonyl (C=O) groups is 2. The fourth-order valence-corrected chi connectivity index (χ4v) is 4.60. The highest BCUT2D eigenvalue weighted by Crippen LogP contribution is 2.31. The van der Waals surface area contributed by atoms with Crippen molar-refractivity contribution in [1.82, 2.24) is 4.98 Å². The van der Waals surface area contributed by atoms with Crippen LogP contribution in [-0.2, 0) is 4.79 Å². The predicted molar refractivity (Wildman–Crippen MR) is 121 cm³/mol. The fraction of sp³-hybridized carbons (Fsp3) is 0.125. The number of para-hydroxylation sites is 1. The standard InChI is InChI=1S/C24H19N3O2S/c28-22-9-4-14-27(22)19-12-10-16(11-13-19)23(29)25-18-6-3-5-17(15-18)24-26-20-7-1-2-8-21(20)30-24/h1-3,5-8,10-13,15H,4,9,14H2,(H,25,29). The Hall–Kier alpha value is -3.51. The average molecular weight is 414 g/mol. The highest BCUT2D eigenvalue weighted by molar-refractivity contribution is 7.21. The average Bonchev–Trinajstić information content (AvgIpc) is 3.40. The molecule has 30 heavy (non-hydrogen) atoms. The molecule has 1 aromatic heterocycles. The van der Waals surface area contributed by atoms with Crippen LogP contribution in [0.25, 0.3) is 20.8 Å².